The van der Waals surface area contributed by atoms with Gasteiger partial charge in [-0.1, -0.05) is 0 Å². The molecule has 0 aromatic heterocycles. The average molecular weight is 390 g/mol. The molecule has 0 saturated heterocycles. The van der Waals surface area contributed by atoms with Crippen molar-refractivity contribution in [1.82, 2.24) is 0 Å². The summed E-state index contributed by atoms with van der Waals surface area (Å²) in [7, 11) is 0. The first-order valence-electron chi connectivity index (χ1n) is 9.12. The van der Waals surface area contributed by atoms with Crippen LogP contribution in [-0.2, 0) is 23.2 Å². The molecule has 0 fully saturated rings. The van der Waals surface area contributed by atoms with Crippen LogP contribution in [0.25, 0.3) is 0 Å². The van der Waals surface area contributed by atoms with E-state index in [1.165, 1.54) is 12.8 Å². The van der Waals surface area contributed by atoms with Gasteiger partial charge in [0, 0.05) is 0 Å². The second kappa shape index (κ2) is 6.29. The van der Waals surface area contributed by atoms with E-state index >= 15 is 0 Å². The van der Waals surface area contributed by atoms with Crippen LogP contribution < -0.4 is 0 Å². The second-order valence-electron chi connectivity index (χ2n) is 7.79. The summed E-state index contributed by atoms with van der Waals surface area (Å²) in [6, 6.07) is 0. The van der Waals surface area contributed by atoms with Crippen LogP contribution >= 0.6 is 0 Å². The molecule has 2 aliphatic carbocycles. The Bertz CT molecular complexity index is 610. The molecular formula is C22H34Zr. The molecule has 2 rings (SSSR count). The van der Waals surface area contributed by atoms with Gasteiger partial charge in [0.25, 0.3) is 0 Å². The van der Waals surface area contributed by atoms with Gasteiger partial charge >= 0.3 is 156 Å². The van der Waals surface area contributed by atoms with E-state index in [0.717, 1.165) is 0 Å². The molecular weight excluding hydrogens is 355 g/mol. The third-order valence-electron chi connectivity index (χ3n) is 7.07. The van der Waals surface area contributed by atoms with Gasteiger partial charge in [-0.05, 0) is 0 Å². The minimum absolute atomic E-state index is 0.383. The van der Waals surface area contributed by atoms with E-state index in [2.05, 4.69) is 69.2 Å². The SMILES string of the molecule is CCC1=C(C)C(C)=C(C)[C]1(C)[Zr][C]1(C)C(C)=C(C)C(C)=C1CC. The van der Waals surface area contributed by atoms with Crippen LogP contribution in [0.2, 0.25) is 6.25 Å². The molecule has 0 bridgehead atoms. The van der Waals surface area contributed by atoms with E-state index in [-0.39, 0.29) is 0 Å². The Morgan fingerprint density at radius 1 is 0.609 bits per heavy atom. The van der Waals surface area contributed by atoms with Crippen molar-refractivity contribution in [3.05, 3.63) is 44.6 Å². The van der Waals surface area contributed by atoms with Gasteiger partial charge in [-0.2, -0.15) is 0 Å². The van der Waals surface area contributed by atoms with Crippen molar-refractivity contribution in [3.63, 3.8) is 0 Å². The van der Waals surface area contributed by atoms with E-state index < -0.39 is 23.2 Å². The topological polar surface area (TPSA) is 0 Å². The summed E-state index contributed by atoms with van der Waals surface area (Å²) < 4.78 is 0.765. The van der Waals surface area contributed by atoms with Crippen molar-refractivity contribution in [2.24, 2.45) is 0 Å². The van der Waals surface area contributed by atoms with E-state index in [4.69, 9.17) is 0 Å². The molecule has 0 aromatic rings. The zero-order valence-corrected chi connectivity index (χ0v) is 19.4. The summed E-state index contributed by atoms with van der Waals surface area (Å²) in [5.41, 5.74) is 13.2. The van der Waals surface area contributed by atoms with Gasteiger partial charge in [-0.15, -0.1) is 0 Å². The van der Waals surface area contributed by atoms with E-state index in [9.17, 15) is 0 Å². The summed E-state index contributed by atoms with van der Waals surface area (Å²) in [5, 5.41) is 0. The van der Waals surface area contributed by atoms with Crippen LogP contribution in [0, 0.1) is 0 Å². The van der Waals surface area contributed by atoms with Gasteiger partial charge in [0.2, 0.25) is 0 Å². The first-order valence-corrected chi connectivity index (χ1v) is 11.6. The second-order valence-corrected chi connectivity index (χ2v) is 13.3. The molecule has 0 N–H and O–H groups in total. The van der Waals surface area contributed by atoms with Gasteiger partial charge in [0.1, 0.15) is 0 Å². The van der Waals surface area contributed by atoms with Crippen molar-refractivity contribution in [1.29, 1.82) is 0 Å². The van der Waals surface area contributed by atoms with E-state index in [1.54, 1.807) is 44.6 Å². The zero-order valence-electron chi connectivity index (χ0n) is 16.9. The molecule has 126 valence electrons. The maximum atomic E-state index is 2.57. The molecule has 0 aliphatic heterocycles. The molecule has 0 amide bonds. The Labute approximate surface area is 155 Å². The maximum absolute atomic E-state index is 2.57. The van der Waals surface area contributed by atoms with Crippen LogP contribution in [0.5, 0.6) is 0 Å². The Morgan fingerprint density at radius 2 is 0.913 bits per heavy atom. The predicted octanol–water partition coefficient (Wildman–Crippen LogP) is 7.58. The Balaban J connectivity index is 2.58. The average Bonchev–Trinajstić information content (AvgIpc) is 2.76. The molecule has 2 atom stereocenters. The predicted molar refractivity (Wildman–Crippen MR) is 99.5 cm³/mol. The number of allylic oxidation sites excluding steroid dienone is 8. The van der Waals surface area contributed by atoms with E-state index in [1.807, 2.05) is 0 Å². The first kappa shape index (κ1) is 19.2. The summed E-state index contributed by atoms with van der Waals surface area (Å²) in [5.74, 6) is 0. The first-order chi connectivity index (χ1) is 10.6. The normalized spacial score (nSPS) is 31.9. The molecule has 0 spiro atoms. The third kappa shape index (κ3) is 2.57. The van der Waals surface area contributed by atoms with Crippen LogP contribution in [-0.4, -0.2) is 0 Å². The summed E-state index contributed by atoms with van der Waals surface area (Å²) in [4.78, 5) is 0. The van der Waals surface area contributed by atoms with E-state index in [0.29, 0.717) is 6.25 Å². The minimum atomic E-state index is -0.761. The van der Waals surface area contributed by atoms with Gasteiger partial charge in [0.15, 0.2) is 0 Å². The molecule has 0 saturated carbocycles. The number of hydrogen-bond donors (Lipinski definition) is 0. The van der Waals surface area contributed by atoms with Crippen molar-refractivity contribution >= 4 is 0 Å². The van der Waals surface area contributed by atoms with Crippen molar-refractivity contribution in [3.8, 4) is 0 Å². The van der Waals surface area contributed by atoms with Crippen molar-refractivity contribution in [2.75, 3.05) is 0 Å². The standard InChI is InChI=1S/2C11H17.Zr/c2*1-6-11-9(4)7(2)8(3)10(11)5;/h2*6H2,1-5H3;. The zero-order chi connectivity index (χ0) is 17.7. The quantitative estimate of drug-likeness (QED) is 0.465. The van der Waals surface area contributed by atoms with Crippen molar-refractivity contribution in [2.45, 2.75) is 88.3 Å². The molecule has 2 unspecified atom stereocenters. The molecule has 0 nitrogen and oxygen atoms in total. The summed E-state index contributed by atoms with van der Waals surface area (Å²) in [6.07, 6.45) is 2.42. The molecule has 23 heavy (non-hydrogen) atoms. The van der Waals surface area contributed by atoms with Crippen molar-refractivity contribution < 1.29 is 23.2 Å². The van der Waals surface area contributed by atoms with Crippen LogP contribution in [0.4, 0.5) is 0 Å². The summed E-state index contributed by atoms with van der Waals surface area (Å²) >= 11 is -0.761. The molecule has 0 aromatic carbocycles. The Hall–Kier alpha value is -0.157. The summed E-state index contributed by atoms with van der Waals surface area (Å²) in [6.45, 7) is 24.1. The van der Waals surface area contributed by atoms with Crippen LogP contribution in [0.15, 0.2) is 44.6 Å². The fourth-order valence-electron chi connectivity index (χ4n) is 5.04. The Kier molecular flexibility index (Phi) is 5.24. The van der Waals surface area contributed by atoms with Crippen LogP contribution in [0.3, 0.4) is 0 Å². The van der Waals surface area contributed by atoms with Gasteiger partial charge < -0.3 is 0 Å². The fraction of sp³-hybridized carbons (Fsp3) is 0.636. The molecule has 1 heteroatoms. The van der Waals surface area contributed by atoms with Gasteiger partial charge in [0.05, 0.1) is 0 Å². The third-order valence-corrected chi connectivity index (χ3v) is 12.9. The van der Waals surface area contributed by atoms with Crippen LogP contribution in [0.1, 0.15) is 82.1 Å². The molecule has 2 aliphatic rings. The Morgan fingerprint density at radius 3 is 1.17 bits per heavy atom. The molecule has 0 radical (unpaired) electrons. The van der Waals surface area contributed by atoms with Gasteiger partial charge in [-0.25, -0.2) is 0 Å². The monoisotopic (exact) mass is 388 g/mol. The molecule has 0 heterocycles. The number of rotatable bonds is 4. The fourth-order valence-corrected chi connectivity index (χ4v) is 11.9. The van der Waals surface area contributed by atoms with Gasteiger partial charge in [-0.3, -0.25) is 0 Å². The number of hydrogen-bond acceptors (Lipinski definition) is 0.